The molecular formula is C33H28N2. The molecular weight excluding hydrogens is 424 g/mol. The molecule has 0 saturated heterocycles. The van der Waals surface area contributed by atoms with Gasteiger partial charge in [0.15, 0.2) is 0 Å². The number of allylic oxidation sites excluding steroid dienone is 1. The number of aromatic nitrogens is 2. The second kappa shape index (κ2) is 11.1. The molecule has 7 rings (SSSR count). The molecule has 0 atom stereocenters. The van der Waals surface area contributed by atoms with Crippen molar-refractivity contribution in [3.05, 3.63) is 145 Å². The number of aryl methyl sites for hydroxylation is 1. The highest BCUT2D eigenvalue weighted by Gasteiger charge is 2.06. The van der Waals surface area contributed by atoms with E-state index in [1.165, 1.54) is 33.0 Å². The van der Waals surface area contributed by atoms with Gasteiger partial charge < -0.3 is 4.98 Å². The molecule has 0 unspecified atom stereocenters. The minimum Gasteiger partial charge on any atom is -0.361 e. The number of hydrogen-bond acceptors (Lipinski definition) is 1. The van der Waals surface area contributed by atoms with Gasteiger partial charge in [-0.15, -0.1) is 0 Å². The normalized spacial score (nSPS) is 11.7. The zero-order valence-electron chi connectivity index (χ0n) is 19.6. The van der Waals surface area contributed by atoms with Crippen LogP contribution in [0.25, 0.3) is 39.0 Å². The van der Waals surface area contributed by atoms with Gasteiger partial charge in [-0.3, -0.25) is 0 Å². The van der Waals surface area contributed by atoms with Gasteiger partial charge in [-0.2, -0.15) is 0 Å². The Kier molecular flexibility index (Phi) is 7.11. The highest BCUT2D eigenvalue weighted by molar-refractivity contribution is 5.81. The summed E-state index contributed by atoms with van der Waals surface area (Å²) < 4.78 is 0. The first kappa shape index (κ1) is 22.4. The lowest BCUT2D eigenvalue weighted by Crippen LogP contribution is -1.97. The third-order valence-electron chi connectivity index (χ3n) is 6.04. The van der Waals surface area contributed by atoms with Crippen LogP contribution in [0.2, 0.25) is 0 Å². The van der Waals surface area contributed by atoms with E-state index in [4.69, 9.17) is 0 Å². The van der Waals surface area contributed by atoms with Gasteiger partial charge in [0.05, 0.1) is 11.2 Å². The highest BCUT2D eigenvalue weighted by atomic mass is 14.7. The van der Waals surface area contributed by atoms with E-state index in [1.54, 1.807) is 0 Å². The molecule has 0 radical (unpaired) electrons. The Morgan fingerprint density at radius 1 is 0.600 bits per heavy atom. The zero-order chi connectivity index (χ0) is 23.7. The standard InChI is InChI=1S/C13H11N.C12H10.C8H7N/c1-3-7-12-10(5-1)9-11-6-2-4-8-13(11)14-12;1-3-7-11(8-4-1)12-9-5-2-6-10-12;1-2-4-8-7(3-1)5-6-9-8/h1,3-5,7-9H,2,6H2;1-10H;1-6,9H. The fourth-order valence-corrected chi connectivity index (χ4v) is 4.21. The summed E-state index contributed by atoms with van der Waals surface area (Å²) in [4.78, 5) is 7.75. The van der Waals surface area contributed by atoms with Crippen LogP contribution in [0.5, 0.6) is 0 Å². The maximum atomic E-state index is 4.63. The molecule has 0 bridgehead atoms. The lowest BCUT2D eigenvalue weighted by atomic mass is 10.0. The van der Waals surface area contributed by atoms with Crippen LogP contribution in [0.15, 0.2) is 134 Å². The van der Waals surface area contributed by atoms with Gasteiger partial charge in [-0.05, 0) is 65.3 Å². The van der Waals surface area contributed by atoms with Crippen molar-refractivity contribution in [3.8, 4) is 11.1 Å². The largest absolute Gasteiger partial charge is 0.361 e. The van der Waals surface area contributed by atoms with Gasteiger partial charge >= 0.3 is 0 Å². The van der Waals surface area contributed by atoms with Crippen LogP contribution in [0.4, 0.5) is 0 Å². The Balaban J connectivity index is 0.000000111. The minimum atomic E-state index is 1.10. The van der Waals surface area contributed by atoms with E-state index in [-0.39, 0.29) is 0 Å². The maximum absolute atomic E-state index is 4.63. The van der Waals surface area contributed by atoms with E-state index in [1.807, 2.05) is 36.5 Å². The fraction of sp³-hybridized carbons (Fsp3) is 0.0606. The molecule has 0 spiro atoms. The summed E-state index contributed by atoms with van der Waals surface area (Å²) in [6.45, 7) is 0. The predicted octanol–water partition coefficient (Wildman–Crippen LogP) is 8.72. The number of fused-ring (bicyclic) bond motifs is 3. The second-order valence-corrected chi connectivity index (χ2v) is 8.46. The molecule has 6 aromatic rings. The van der Waals surface area contributed by atoms with Crippen LogP contribution in [0, 0.1) is 0 Å². The molecule has 1 aliphatic rings. The summed E-state index contributed by atoms with van der Waals surface area (Å²) in [7, 11) is 0. The molecule has 2 nitrogen and oxygen atoms in total. The number of para-hydroxylation sites is 2. The maximum Gasteiger partial charge on any atom is 0.0709 e. The van der Waals surface area contributed by atoms with Gasteiger partial charge in [0, 0.05) is 17.1 Å². The number of rotatable bonds is 1. The van der Waals surface area contributed by atoms with Crippen LogP contribution in [-0.4, -0.2) is 9.97 Å². The van der Waals surface area contributed by atoms with E-state index in [0.717, 1.165) is 24.1 Å². The topological polar surface area (TPSA) is 28.7 Å². The molecule has 170 valence electrons. The van der Waals surface area contributed by atoms with E-state index in [9.17, 15) is 0 Å². The number of nitrogens with one attached hydrogen (secondary N) is 1. The Labute approximate surface area is 206 Å². The minimum absolute atomic E-state index is 1.10. The number of nitrogens with zero attached hydrogens (tertiary/aromatic N) is 1. The number of H-pyrrole nitrogens is 1. The smallest absolute Gasteiger partial charge is 0.0709 e. The number of hydrogen-bond donors (Lipinski definition) is 1. The van der Waals surface area contributed by atoms with E-state index in [2.05, 4.69) is 113 Å². The molecule has 0 amide bonds. The summed E-state index contributed by atoms with van der Waals surface area (Å²) in [6, 6.07) is 41.6. The first-order valence-electron chi connectivity index (χ1n) is 12.0. The number of benzene rings is 4. The summed E-state index contributed by atoms with van der Waals surface area (Å²) in [6.07, 6.45) is 8.55. The van der Waals surface area contributed by atoms with Gasteiger partial charge in [-0.1, -0.05) is 103 Å². The van der Waals surface area contributed by atoms with E-state index < -0.39 is 0 Å². The molecule has 2 heterocycles. The van der Waals surface area contributed by atoms with Crippen LogP contribution < -0.4 is 0 Å². The number of pyridine rings is 1. The van der Waals surface area contributed by atoms with Crippen molar-refractivity contribution in [2.45, 2.75) is 12.8 Å². The second-order valence-electron chi connectivity index (χ2n) is 8.46. The highest BCUT2D eigenvalue weighted by Crippen LogP contribution is 2.22. The average molecular weight is 453 g/mol. The van der Waals surface area contributed by atoms with Gasteiger partial charge in [0.1, 0.15) is 0 Å². The predicted molar refractivity (Wildman–Crippen MR) is 149 cm³/mol. The summed E-state index contributed by atoms with van der Waals surface area (Å²) in [5.41, 5.74) is 7.38. The van der Waals surface area contributed by atoms with Crippen molar-refractivity contribution in [1.29, 1.82) is 0 Å². The Morgan fingerprint density at radius 3 is 1.94 bits per heavy atom. The van der Waals surface area contributed by atoms with Crippen LogP contribution in [0.1, 0.15) is 17.7 Å². The van der Waals surface area contributed by atoms with Crippen molar-refractivity contribution in [3.63, 3.8) is 0 Å². The lowest BCUT2D eigenvalue weighted by molar-refractivity contribution is 0.972. The molecule has 1 N–H and O–H groups in total. The molecule has 2 heteroatoms. The van der Waals surface area contributed by atoms with E-state index in [0.29, 0.717) is 0 Å². The Morgan fingerprint density at radius 2 is 1.23 bits per heavy atom. The summed E-state index contributed by atoms with van der Waals surface area (Å²) in [5.74, 6) is 0. The Bertz CT molecular complexity index is 1460. The SMILES string of the molecule is C1=Cc2nc3ccccc3cc2CC1.c1ccc(-c2ccccc2)cc1.c1ccc2[nH]ccc2c1. The molecule has 1 aliphatic carbocycles. The van der Waals surface area contributed by atoms with E-state index >= 15 is 0 Å². The van der Waals surface area contributed by atoms with Crippen molar-refractivity contribution >= 4 is 27.9 Å². The van der Waals surface area contributed by atoms with Crippen molar-refractivity contribution in [2.24, 2.45) is 0 Å². The van der Waals surface area contributed by atoms with Crippen LogP contribution in [-0.2, 0) is 6.42 Å². The molecule has 2 aromatic heterocycles. The van der Waals surface area contributed by atoms with Crippen LogP contribution >= 0.6 is 0 Å². The first-order chi connectivity index (χ1) is 17.4. The van der Waals surface area contributed by atoms with Crippen LogP contribution in [0.3, 0.4) is 0 Å². The fourth-order valence-electron chi connectivity index (χ4n) is 4.21. The lowest BCUT2D eigenvalue weighted by Gasteiger charge is -2.10. The molecule has 4 aromatic carbocycles. The van der Waals surface area contributed by atoms with Crippen molar-refractivity contribution < 1.29 is 0 Å². The molecule has 0 fully saturated rings. The third-order valence-corrected chi connectivity index (χ3v) is 6.04. The average Bonchev–Trinajstić information content (AvgIpc) is 3.43. The first-order valence-corrected chi connectivity index (χ1v) is 12.0. The quantitative estimate of drug-likeness (QED) is 0.265. The van der Waals surface area contributed by atoms with Gasteiger partial charge in [0.2, 0.25) is 0 Å². The van der Waals surface area contributed by atoms with Gasteiger partial charge in [0.25, 0.3) is 0 Å². The number of aromatic amines is 1. The summed E-state index contributed by atoms with van der Waals surface area (Å²) >= 11 is 0. The zero-order valence-corrected chi connectivity index (χ0v) is 19.6. The molecule has 0 saturated carbocycles. The Hall–Kier alpha value is -4.43. The van der Waals surface area contributed by atoms with Gasteiger partial charge in [-0.25, -0.2) is 4.98 Å². The summed E-state index contributed by atoms with van der Waals surface area (Å²) in [5, 5.41) is 2.53. The molecule has 0 aliphatic heterocycles. The third kappa shape index (κ3) is 5.74. The van der Waals surface area contributed by atoms with Crippen molar-refractivity contribution in [2.75, 3.05) is 0 Å². The monoisotopic (exact) mass is 452 g/mol. The van der Waals surface area contributed by atoms with Crippen molar-refractivity contribution in [1.82, 2.24) is 9.97 Å². The molecule has 35 heavy (non-hydrogen) atoms.